The SMILES string of the molecule is CC(=O)Nc1cccc(N2C[C@H](C(=O)Nc3ccccc3C)CC2=O)c1. The van der Waals surface area contributed by atoms with Crippen LogP contribution < -0.4 is 15.5 Å². The van der Waals surface area contributed by atoms with Crippen molar-refractivity contribution in [2.75, 3.05) is 22.1 Å². The quantitative estimate of drug-likeness (QED) is 0.889. The number of nitrogens with one attached hydrogen (secondary N) is 2. The van der Waals surface area contributed by atoms with E-state index in [1.807, 2.05) is 31.2 Å². The number of hydrogen-bond acceptors (Lipinski definition) is 3. The molecule has 1 aliphatic heterocycles. The van der Waals surface area contributed by atoms with E-state index in [0.717, 1.165) is 11.3 Å². The molecule has 6 nitrogen and oxygen atoms in total. The number of hydrogen-bond donors (Lipinski definition) is 2. The second-order valence-electron chi connectivity index (χ2n) is 6.44. The molecule has 26 heavy (non-hydrogen) atoms. The zero-order valence-electron chi connectivity index (χ0n) is 14.8. The van der Waals surface area contributed by atoms with E-state index in [2.05, 4.69) is 10.6 Å². The van der Waals surface area contributed by atoms with Gasteiger partial charge in [0.25, 0.3) is 0 Å². The number of benzene rings is 2. The van der Waals surface area contributed by atoms with Gasteiger partial charge in [-0.3, -0.25) is 14.4 Å². The lowest BCUT2D eigenvalue weighted by Crippen LogP contribution is -2.28. The Morgan fingerprint density at radius 1 is 1.08 bits per heavy atom. The normalized spacial score (nSPS) is 16.5. The molecule has 3 amide bonds. The zero-order chi connectivity index (χ0) is 18.7. The number of nitrogens with zero attached hydrogens (tertiary/aromatic N) is 1. The molecule has 134 valence electrons. The smallest absolute Gasteiger partial charge is 0.229 e. The van der Waals surface area contributed by atoms with Gasteiger partial charge in [-0.05, 0) is 36.8 Å². The van der Waals surface area contributed by atoms with E-state index in [1.165, 1.54) is 6.92 Å². The van der Waals surface area contributed by atoms with Crippen molar-refractivity contribution in [2.45, 2.75) is 20.3 Å². The topological polar surface area (TPSA) is 78.5 Å². The summed E-state index contributed by atoms with van der Waals surface area (Å²) in [5.41, 5.74) is 3.03. The highest BCUT2D eigenvalue weighted by molar-refractivity contribution is 6.04. The van der Waals surface area contributed by atoms with Crippen LogP contribution in [0.4, 0.5) is 17.1 Å². The summed E-state index contributed by atoms with van der Waals surface area (Å²) in [6.45, 7) is 3.68. The summed E-state index contributed by atoms with van der Waals surface area (Å²) in [6.07, 6.45) is 0.169. The monoisotopic (exact) mass is 351 g/mol. The van der Waals surface area contributed by atoms with Crippen LogP contribution in [0.2, 0.25) is 0 Å². The average molecular weight is 351 g/mol. The van der Waals surface area contributed by atoms with Crippen LogP contribution in [0.3, 0.4) is 0 Å². The molecule has 1 fully saturated rings. The van der Waals surface area contributed by atoms with Crippen LogP contribution >= 0.6 is 0 Å². The summed E-state index contributed by atoms with van der Waals surface area (Å²) >= 11 is 0. The summed E-state index contributed by atoms with van der Waals surface area (Å²) in [5.74, 6) is -0.847. The van der Waals surface area contributed by atoms with E-state index in [-0.39, 0.29) is 24.1 Å². The van der Waals surface area contributed by atoms with Crippen LogP contribution in [0.1, 0.15) is 18.9 Å². The number of anilines is 3. The van der Waals surface area contributed by atoms with Gasteiger partial charge in [0.05, 0.1) is 5.92 Å². The highest BCUT2D eigenvalue weighted by Crippen LogP contribution is 2.28. The molecule has 2 N–H and O–H groups in total. The first-order chi connectivity index (χ1) is 12.4. The van der Waals surface area contributed by atoms with Gasteiger partial charge in [0.2, 0.25) is 17.7 Å². The van der Waals surface area contributed by atoms with Gasteiger partial charge in [-0.2, -0.15) is 0 Å². The van der Waals surface area contributed by atoms with Crippen molar-refractivity contribution in [3.05, 3.63) is 54.1 Å². The molecule has 0 bridgehead atoms. The molecule has 0 spiro atoms. The third-order valence-electron chi connectivity index (χ3n) is 4.38. The highest BCUT2D eigenvalue weighted by Gasteiger charge is 2.35. The Morgan fingerprint density at radius 3 is 2.58 bits per heavy atom. The van der Waals surface area contributed by atoms with Crippen LogP contribution in [0, 0.1) is 12.8 Å². The molecule has 1 aliphatic rings. The van der Waals surface area contributed by atoms with Gasteiger partial charge in [-0.25, -0.2) is 0 Å². The third-order valence-corrected chi connectivity index (χ3v) is 4.38. The number of carbonyl (C=O) groups is 3. The molecule has 0 saturated carbocycles. The van der Waals surface area contributed by atoms with E-state index in [9.17, 15) is 14.4 Å². The van der Waals surface area contributed by atoms with Crippen molar-refractivity contribution in [1.82, 2.24) is 0 Å². The van der Waals surface area contributed by atoms with Gasteiger partial charge < -0.3 is 15.5 Å². The lowest BCUT2D eigenvalue weighted by atomic mass is 10.1. The van der Waals surface area contributed by atoms with Gasteiger partial charge >= 0.3 is 0 Å². The molecular weight excluding hydrogens is 330 g/mol. The molecule has 0 radical (unpaired) electrons. The van der Waals surface area contributed by atoms with E-state index in [1.54, 1.807) is 29.2 Å². The second-order valence-corrected chi connectivity index (χ2v) is 6.44. The molecule has 1 saturated heterocycles. The Kier molecular flexibility index (Phi) is 5.02. The molecule has 2 aromatic rings. The Bertz CT molecular complexity index is 863. The van der Waals surface area contributed by atoms with Gasteiger partial charge in [-0.1, -0.05) is 24.3 Å². The summed E-state index contributed by atoms with van der Waals surface area (Å²) in [4.78, 5) is 37.8. The van der Waals surface area contributed by atoms with Crippen molar-refractivity contribution in [3.8, 4) is 0 Å². The van der Waals surface area contributed by atoms with E-state index >= 15 is 0 Å². The van der Waals surface area contributed by atoms with Crippen molar-refractivity contribution in [3.63, 3.8) is 0 Å². The van der Waals surface area contributed by atoms with Crippen LogP contribution in [0.15, 0.2) is 48.5 Å². The zero-order valence-corrected chi connectivity index (χ0v) is 14.8. The van der Waals surface area contributed by atoms with Crippen LogP contribution in [-0.2, 0) is 14.4 Å². The minimum Gasteiger partial charge on any atom is -0.326 e. The summed E-state index contributed by atoms with van der Waals surface area (Å²) < 4.78 is 0. The highest BCUT2D eigenvalue weighted by atomic mass is 16.2. The van der Waals surface area contributed by atoms with Crippen molar-refractivity contribution < 1.29 is 14.4 Å². The number of carbonyl (C=O) groups excluding carboxylic acids is 3. The van der Waals surface area contributed by atoms with Gasteiger partial charge in [0.1, 0.15) is 0 Å². The lowest BCUT2D eigenvalue weighted by Gasteiger charge is -2.18. The summed E-state index contributed by atoms with van der Waals surface area (Å²) in [7, 11) is 0. The first-order valence-electron chi connectivity index (χ1n) is 8.48. The Morgan fingerprint density at radius 2 is 1.85 bits per heavy atom. The van der Waals surface area contributed by atoms with Crippen molar-refractivity contribution in [2.24, 2.45) is 5.92 Å². The van der Waals surface area contributed by atoms with Crippen LogP contribution in [0.5, 0.6) is 0 Å². The fourth-order valence-electron chi connectivity index (χ4n) is 3.04. The van der Waals surface area contributed by atoms with Gasteiger partial charge in [-0.15, -0.1) is 0 Å². The molecule has 6 heteroatoms. The standard InChI is InChI=1S/C20H21N3O3/c1-13-6-3-4-9-18(13)22-20(26)15-10-19(25)23(12-15)17-8-5-7-16(11-17)21-14(2)24/h3-9,11,15H,10,12H2,1-2H3,(H,21,24)(H,22,26)/t15-/m1/s1. The predicted octanol–water partition coefficient (Wildman–Crippen LogP) is 2.95. The molecule has 0 unspecified atom stereocenters. The molecule has 3 rings (SSSR count). The van der Waals surface area contributed by atoms with Crippen LogP contribution in [-0.4, -0.2) is 24.3 Å². The molecule has 2 aromatic carbocycles. The first-order valence-corrected chi connectivity index (χ1v) is 8.48. The number of aryl methyl sites for hydroxylation is 1. The van der Waals surface area contributed by atoms with E-state index < -0.39 is 5.92 Å². The summed E-state index contributed by atoms with van der Waals surface area (Å²) in [6, 6.07) is 14.6. The third kappa shape index (κ3) is 3.91. The largest absolute Gasteiger partial charge is 0.326 e. The molecule has 1 atom stereocenters. The summed E-state index contributed by atoms with van der Waals surface area (Å²) in [5, 5.41) is 5.61. The maximum atomic E-state index is 12.6. The minimum atomic E-state index is -0.411. The van der Waals surface area contributed by atoms with Crippen molar-refractivity contribution in [1.29, 1.82) is 0 Å². The number of rotatable bonds is 4. The van der Waals surface area contributed by atoms with Gasteiger partial charge in [0, 0.05) is 37.0 Å². The molecule has 0 aromatic heterocycles. The second kappa shape index (κ2) is 7.39. The Balaban J connectivity index is 1.71. The molecule has 1 heterocycles. The van der Waals surface area contributed by atoms with E-state index in [4.69, 9.17) is 0 Å². The predicted molar refractivity (Wildman–Crippen MR) is 101 cm³/mol. The van der Waals surface area contributed by atoms with Crippen molar-refractivity contribution >= 4 is 34.8 Å². The molecule has 0 aliphatic carbocycles. The fraction of sp³-hybridized carbons (Fsp3) is 0.250. The Hall–Kier alpha value is -3.15. The Labute approximate surface area is 152 Å². The number of para-hydroxylation sites is 1. The van der Waals surface area contributed by atoms with Gasteiger partial charge in [0.15, 0.2) is 0 Å². The first kappa shape index (κ1) is 17.7. The maximum absolute atomic E-state index is 12.6. The average Bonchev–Trinajstić information content (AvgIpc) is 2.98. The number of amides is 3. The minimum absolute atomic E-state index is 0.102. The maximum Gasteiger partial charge on any atom is 0.229 e. The van der Waals surface area contributed by atoms with Crippen LogP contribution in [0.25, 0.3) is 0 Å². The lowest BCUT2D eigenvalue weighted by molar-refractivity contribution is -0.122. The van der Waals surface area contributed by atoms with E-state index in [0.29, 0.717) is 17.9 Å². The fourth-order valence-corrected chi connectivity index (χ4v) is 3.04. The molecular formula is C20H21N3O3.